The molecule has 1 aliphatic carbocycles. The number of carboxylic acids is 1. The summed E-state index contributed by atoms with van der Waals surface area (Å²) in [5.41, 5.74) is 3.00. The Balaban J connectivity index is 1.86. The maximum Gasteiger partial charge on any atom is 0.326 e. The fourth-order valence-corrected chi connectivity index (χ4v) is 3.30. The van der Waals surface area contributed by atoms with E-state index in [4.69, 9.17) is 0 Å². The molecule has 5 nitrogen and oxygen atoms in total. The first kappa shape index (κ1) is 14.1. The van der Waals surface area contributed by atoms with Gasteiger partial charge in [-0.1, -0.05) is 6.07 Å². The lowest BCUT2D eigenvalue weighted by atomic mass is 9.90. The van der Waals surface area contributed by atoms with Gasteiger partial charge in [-0.3, -0.25) is 4.79 Å². The molecule has 1 amide bonds. The van der Waals surface area contributed by atoms with Crippen LogP contribution in [0, 0.1) is 0 Å². The lowest BCUT2D eigenvalue weighted by Gasteiger charge is -2.22. The molecule has 1 fully saturated rings. The largest absolute Gasteiger partial charge is 0.480 e. The van der Waals surface area contributed by atoms with E-state index in [-0.39, 0.29) is 18.9 Å². The second-order valence-electron chi connectivity index (χ2n) is 5.89. The molecule has 0 bridgehead atoms. The zero-order valence-corrected chi connectivity index (χ0v) is 11.8. The van der Waals surface area contributed by atoms with Gasteiger partial charge in [-0.25, -0.2) is 4.79 Å². The van der Waals surface area contributed by atoms with Gasteiger partial charge in [0.2, 0.25) is 0 Å². The highest BCUT2D eigenvalue weighted by Gasteiger charge is 2.39. The summed E-state index contributed by atoms with van der Waals surface area (Å²) in [7, 11) is 0. The molecule has 1 aromatic rings. The fraction of sp³-hybridized carbons (Fsp3) is 0.500. The van der Waals surface area contributed by atoms with Crippen molar-refractivity contribution < 1.29 is 19.8 Å². The summed E-state index contributed by atoms with van der Waals surface area (Å²) < 4.78 is 0. The van der Waals surface area contributed by atoms with Crippen molar-refractivity contribution in [3.05, 3.63) is 34.9 Å². The Hall–Kier alpha value is -1.88. The Morgan fingerprint density at radius 1 is 1.14 bits per heavy atom. The zero-order chi connectivity index (χ0) is 15.0. The number of carboxylic acid groups (broad SMARTS) is 1. The predicted molar refractivity (Wildman–Crippen MR) is 76.2 cm³/mol. The van der Waals surface area contributed by atoms with E-state index >= 15 is 0 Å². The Morgan fingerprint density at radius 3 is 2.57 bits per heavy atom. The Kier molecular flexibility index (Phi) is 3.68. The molecular formula is C16H19NO4. The maximum absolute atomic E-state index is 12.5. The van der Waals surface area contributed by atoms with Gasteiger partial charge in [-0.15, -0.1) is 0 Å². The van der Waals surface area contributed by atoms with E-state index in [1.807, 2.05) is 12.1 Å². The van der Waals surface area contributed by atoms with E-state index in [0.29, 0.717) is 5.56 Å². The number of nitrogens with zero attached hydrogens (tertiary/aromatic N) is 1. The monoisotopic (exact) mass is 289 g/mol. The second-order valence-corrected chi connectivity index (χ2v) is 5.89. The highest BCUT2D eigenvalue weighted by atomic mass is 16.4. The van der Waals surface area contributed by atoms with E-state index in [9.17, 15) is 19.8 Å². The van der Waals surface area contributed by atoms with Crippen LogP contribution >= 0.6 is 0 Å². The number of aliphatic carboxylic acids is 1. The topological polar surface area (TPSA) is 77.8 Å². The number of likely N-dealkylation sites (tertiary alicyclic amines) is 1. The van der Waals surface area contributed by atoms with E-state index < -0.39 is 18.1 Å². The number of carbonyl (C=O) groups is 2. The number of aryl methyl sites for hydroxylation is 2. The average molecular weight is 289 g/mol. The van der Waals surface area contributed by atoms with Gasteiger partial charge in [0, 0.05) is 18.5 Å². The van der Waals surface area contributed by atoms with Gasteiger partial charge in [-0.2, -0.15) is 0 Å². The van der Waals surface area contributed by atoms with Crippen molar-refractivity contribution in [3.63, 3.8) is 0 Å². The van der Waals surface area contributed by atoms with E-state index in [0.717, 1.165) is 19.3 Å². The molecule has 2 aliphatic rings. The summed E-state index contributed by atoms with van der Waals surface area (Å²) in [6.07, 6.45) is 3.68. The molecule has 2 N–H and O–H groups in total. The maximum atomic E-state index is 12.5. The number of β-amino-alcohol motifs (C(OH)–C–C–N with tert-alkyl or cyclic N) is 1. The SMILES string of the molecule is O=C(O)[C@H]1C[C@@H](O)CN1C(=O)c1ccc2c(c1)CCCC2. The average Bonchev–Trinajstić information content (AvgIpc) is 2.88. The molecule has 1 aliphatic heterocycles. The van der Waals surface area contributed by atoms with Gasteiger partial charge in [0.1, 0.15) is 6.04 Å². The van der Waals surface area contributed by atoms with Crippen molar-refractivity contribution >= 4 is 11.9 Å². The van der Waals surface area contributed by atoms with Crippen LogP contribution in [-0.4, -0.2) is 45.7 Å². The highest BCUT2D eigenvalue weighted by molar-refractivity contribution is 5.97. The van der Waals surface area contributed by atoms with Crippen molar-refractivity contribution in [3.8, 4) is 0 Å². The molecule has 0 unspecified atom stereocenters. The van der Waals surface area contributed by atoms with Crippen LogP contribution in [0.25, 0.3) is 0 Å². The van der Waals surface area contributed by atoms with Crippen LogP contribution in [0.15, 0.2) is 18.2 Å². The van der Waals surface area contributed by atoms with E-state index in [1.165, 1.54) is 22.4 Å². The van der Waals surface area contributed by atoms with Gasteiger partial charge in [0.05, 0.1) is 6.10 Å². The smallest absolute Gasteiger partial charge is 0.326 e. The standard InChI is InChI=1S/C16H19NO4/c18-13-8-14(16(20)21)17(9-13)15(19)12-6-5-10-3-1-2-4-11(10)7-12/h5-7,13-14,18H,1-4,8-9H2,(H,20,21)/t13-,14-/m1/s1. The summed E-state index contributed by atoms with van der Waals surface area (Å²) in [5, 5.41) is 18.8. The number of fused-ring (bicyclic) bond motifs is 1. The van der Waals surface area contributed by atoms with Crippen LogP contribution in [0.3, 0.4) is 0 Å². The molecule has 0 saturated carbocycles. The molecule has 1 aromatic carbocycles. The van der Waals surface area contributed by atoms with Crippen molar-refractivity contribution in [2.45, 2.75) is 44.2 Å². The first-order valence-corrected chi connectivity index (χ1v) is 7.40. The summed E-state index contributed by atoms with van der Waals surface area (Å²) in [5.74, 6) is -1.36. The minimum Gasteiger partial charge on any atom is -0.480 e. The summed E-state index contributed by atoms with van der Waals surface area (Å²) >= 11 is 0. The lowest BCUT2D eigenvalue weighted by Crippen LogP contribution is -2.40. The molecule has 112 valence electrons. The number of rotatable bonds is 2. The van der Waals surface area contributed by atoms with Crippen molar-refractivity contribution in [2.75, 3.05) is 6.54 Å². The second kappa shape index (κ2) is 5.48. The van der Waals surface area contributed by atoms with Gasteiger partial charge < -0.3 is 15.1 Å². The quantitative estimate of drug-likeness (QED) is 0.858. The summed E-state index contributed by atoms with van der Waals surface area (Å²) in [6.45, 7) is 0.0902. The van der Waals surface area contributed by atoms with Crippen LogP contribution in [0.5, 0.6) is 0 Å². The van der Waals surface area contributed by atoms with Crippen LogP contribution in [0.4, 0.5) is 0 Å². The molecule has 0 aromatic heterocycles. The molecule has 1 saturated heterocycles. The molecular weight excluding hydrogens is 270 g/mol. The number of aliphatic hydroxyl groups excluding tert-OH is 1. The van der Waals surface area contributed by atoms with Crippen molar-refractivity contribution in [1.29, 1.82) is 0 Å². The third-order valence-electron chi connectivity index (χ3n) is 4.42. The molecule has 0 radical (unpaired) electrons. The molecule has 5 heteroatoms. The molecule has 0 spiro atoms. The predicted octanol–water partition coefficient (Wildman–Crippen LogP) is 1.23. The minimum absolute atomic E-state index is 0.0902. The third-order valence-corrected chi connectivity index (χ3v) is 4.42. The van der Waals surface area contributed by atoms with Gasteiger partial charge >= 0.3 is 5.97 Å². The van der Waals surface area contributed by atoms with Gasteiger partial charge in [0.25, 0.3) is 5.91 Å². The van der Waals surface area contributed by atoms with E-state index in [1.54, 1.807) is 6.07 Å². The highest BCUT2D eigenvalue weighted by Crippen LogP contribution is 2.25. The zero-order valence-electron chi connectivity index (χ0n) is 11.8. The molecule has 1 heterocycles. The number of hydrogen-bond donors (Lipinski definition) is 2. The Morgan fingerprint density at radius 2 is 1.86 bits per heavy atom. The Labute approximate surface area is 123 Å². The first-order valence-electron chi connectivity index (χ1n) is 7.40. The third kappa shape index (κ3) is 2.65. The number of hydrogen-bond acceptors (Lipinski definition) is 3. The van der Waals surface area contributed by atoms with Gasteiger partial charge in [-0.05, 0) is 48.9 Å². The molecule has 3 rings (SSSR count). The molecule has 21 heavy (non-hydrogen) atoms. The molecule has 2 atom stereocenters. The van der Waals surface area contributed by atoms with Crippen molar-refractivity contribution in [2.24, 2.45) is 0 Å². The fourth-order valence-electron chi connectivity index (χ4n) is 3.30. The van der Waals surface area contributed by atoms with E-state index in [2.05, 4.69) is 0 Å². The number of benzene rings is 1. The summed E-state index contributed by atoms with van der Waals surface area (Å²) in [6, 6.07) is 4.71. The first-order chi connectivity index (χ1) is 10.1. The lowest BCUT2D eigenvalue weighted by molar-refractivity contribution is -0.141. The van der Waals surface area contributed by atoms with Crippen LogP contribution < -0.4 is 0 Å². The van der Waals surface area contributed by atoms with Crippen LogP contribution in [0.2, 0.25) is 0 Å². The normalized spacial score (nSPS) is 24.7. The van der Waals surface area contributed by atoms with Crippen molar-refractivity contribution in [1.82, 2.24) is 4.90 Å². The minimum atomic E-state index is -1.06. The number of amides is 1. The number of carbonyl (C=O) groups excluding carboxylic acids is 1. The summed E-state index contributed by atoms with van der Waals surface area (Å²) in [4.78, 5) is 25.0. The van der Waals surface area contributed by atoms with Gasteiger partial charge in [0.15, 0.2) is 0 Å². The number of aliphatic hydroxyl groups is 1. The Bertz CT molecular complexity index is 584. The van der Waals surface area contributed by atoms with Crippen LogP contribution in [0.1, 0.15) is 40.7 Å². The van der Waals surface area contributed by atoms with Crippen LogP contribution in [-0.2, 0) is 17.6 Å².